The Morgan fingerprint density at radius 3 is 2.45 bits per heavy atom. The number of hydrogen-bond acceptors (Lipinski definition) is 5. The number of carbonyl (C=O) groups is 3. The van der Waals surface area contributed by atoms with Crippen molar-refractivity contribution in [3.63, 3.8) is 0 Å². The van der Waals surface area contributed by atoms with Crippen LogP contribution in [0.25, 0.3) is 10.8 Å². The molecule has 2 bridgehead atoms. The van der Waals surface area contributed by atoms with Gasteiger partial charge in [0, 0.05) is 38.5 Å². The van der Waals surface area contributed by atoms with Crippen molar-refractivity contribution in [1.29, 1.82) is 0 Å². The number of ether oxygens (including phenoxy) is 1. The highest BCUT2D eigenvalue weighted by atomic mass is 16.5. The molecule has 2 unspecified atom stereocenters. The van der Waals surface area contributed by atoms with Gasteiger partial charge in [0.05, 0.1) is 17.4 Å². The van der Waals surface area contributed by atoms with Gasteiger partial charge < -0.3 is 24.5 Å². The van der Waals surface area contributed by atoms with Gasteiger partial charge in [-0.2, -0.15) is 0 Å². The molecule has 3 saturated heterocycles. The topological polar surface area (TPSA) is 90.4 Å². The second kappa shape index (κ2) is 13.2. The van der Waals surface area contributed by atoms with E-state index in [9.17, 15) is 19.5 Å². The summed E-state index contributed by atoms with van der Waals surface area (Å²) in [5.41, 5.74) is -1.19. The summed E-state index contributed by atoms with van der Waals surface area (Å²) >= 11 is 0. The third kappa shape index (κ3) is 5.47. The molecule has 236 valence electrons. The van der Waals surface area contributed by atoms with Gasteiger partial charge in [-0.3, -0.25) is 14.4 Å². The molecule has 2 aromatic rings. The molecule has 2 aromatic carbocycles. The minimum Gasteiger partial charge on any atom is -0.396 e. The largest absolute Gasteiger partial charge is 0.396 e. The fourth-order valence-corrected chi connectivity index (χ4v) is 7.93. The molecule has 3 aliphatic rings. The van der Waals surface area contributed by atoms with E-state index < -0.39 is 29.1 Å². The zero-order chi connectivity index (χ0) is 31.5. The molecule has 3 aliphatic heterocycles. The predicted octanol–water partition coefficient (Wildman–Crippen LogP) is 5.10. The van der Waals surface area contributed by atoms with E-state index in [1.54, 1.807) is 26.9 Å². The highest BCUT2D eigenvalue weighted by molar-refractivity contribution is 6.06. The Kier molecular flexibility index (Phi) is 9.61. The average molecular weight is 602 g/mol. The number of amides is 3. The fraction of sp³-hybridized carbons (Fsp3) is 0.528. The lowest BCUT2D eigenvalue weighted by molar-refractivity contribution is -0.149. The molecule has 0 radical (unpaired) electrons. The number of carbonyl (C=O) groups excluding carboxylic acids is 3. The van der Waals surface area contributed by atoms with E-state index >= 15 is 0 Å². The van der Waals surface area contributed by atoms with Crippen molar-refractivity contribution in [1.82, 2.24) is 9.80 Å². The van der Waals surface area contributed by atoms with Crippen LogP contribution in [0, 0.1) is 11.8 Å². The van der Waals surface area contributed by atoms with Crippen molar-refractivity contribution in [3.8, 4) is 0 Å². The van der Waals surface area contributed by atoms with Gasteiger partial charge in [-0.1, -0.05) is 62.2 Å². The average Bonchev–Trinajstić information content (AvgIpc) is 3.59. The molecule has 1 spiro atoms. The molecule has 0 aliphatic carbocycles. The fourth-order valence-electron chi connectivity index (χ4n) is 7.93. The van der Waals surface area contributed by atoms with Crippen LogP contribution in [0.4, 0.5) is 5.69 Å². The zero-order valence-corrected chi connectivity index (χ0v) is 26.2. The molecule has 3 heterocycles. The first-order valence-corrected chi connectivity index (χ1v) is 16.2. The molecule has 8 heteroatoms. The lowest BCUT2D eigenvalue weighted by Gasteiger charge is -2.37. The normalized spacial score (nSPS) is 27.0. The maximum Gasteiger partial charge on any atom is 0.253 e. The lowest BCUT2D eigenvalue weighted by Crippen LogP contribution is -2.56. The molecule has 44 heavy (non-hydrogen) atoms. The third-order valence-electron chi connectivity index (χ3n) is 9.86. The highest BCUT2D eigenvalue weighted by Gasteiger charge is 2.78. The minimum absolute atomic E-state index is 0.0948. The number of aliphatic hydroxyl groups is 1. The standard InChI is InChI=1S/C36H47N3O5/c1-5-20-37(21-6-2)32(41)29-30-33(42)39(23-12-8-9-13-24-40)31(36(30)19-18-35(29,4)44-36)34(43)38(22-7-3)28-17-16-26-14-10-11-15-27(26)25-28/h5,7,10-11,14-17,25,29-31,40H,1,3,6,8-9,12-13,18-24H2,2,4H3/t29-,30-,31?,35+,36?/m0/s1. The monoisotopic (exact) mass is 601 g/mol. The van der Waals surface area contributed by atoms with E-state index in [2.05, 4.69) is 13.2 Å². The molecular formula is C36H47N3O5. The summed E-state index contributed by atoms with van der Waals surface area (Å²) in [7, 11) is 0. The van der Waals surface area contributed by atoms with Gasteiger partial charge in [-0.15, -0.1) is 13.2 Å². The SMILES string of the molecule is C=CCN(CCC)C(=O)[C@@H]1[C@H]2C(=O)N(CCCCCCO)C(C(=O)N(CC=C)c3ccc4ccccc4c3)C23CC[C@@]1(C)O3. The maximum atomic E-state index is 14.9. The molecule has 0 aromatic heterocycles. The van der Waals surface area contributed by atoms with Crippen LogP contribution < -0.4 is 4.90 Å². The van der Waals surface area contributed by atoms with Gasteiger partial charge in [-0.05, 0) is 61.9 Å². The first-order valence-electron chi connectivity index (χ1n) is 16.2. The number of rotatable bonds is 15. The van der Waals surface area contributed by atoms with Crippen molar-refractivity contribution in [2.75, 3.05) is 37.7 Å². The summed E-state index contributed by atoms with van der Waals surface area (Å²) in [6, 6.07) is 13.1. The number of anilines is 1. The number of unbranched alkanes of at least 4 members (excludes halogenated alkanes) is 3. The number of likely N-dealkylation sites (tertiary alicyclic amines) is 1. The number of hydrogen-bond donors (Lipinski definition) is 1. The Hall–Kier alpha value is -3.49. The van der Waals surface area contributed by atoms with Crippen LogP contribution >= 0.6 is 0 Å². The molecule has 3 fully saturated rings. The Balaban J connectivity index is 1.55. The first kappa shape index (κ1) is 31.9. The summed E-state index contributed by atoms with van der Waals surface area (Å²) in [5.74, 6) is -1.87. The minimum atomic E-state index is -1.09. The molecular weight excluding hydrogens is 554 g/mol. The molecule has 0 saturated carbocycles. The van der Waals surface area contributed by atoms with Gasteiger partial charge in [0.1, 0.15) is 11.6 Å². The van der Waals surface area contributed by atoms with E-state index in [0.717, 1.165) is 35.7 Å². The summed E-state index contributed by atoms with van der Waals surface area (Å²) in [6.07, 6.45) is 8.42. The van der Waals surface area contributed by atoms with Crippen LogP contribution in [0.3, 0.4) is 0 Å². The second-order valence-electron chi connectivity index (χ2n) is 12.7. The number of benzene rings is 2. The van der Waals surface area contributed by atoms with E-state index in [4.69, 9.17) is 4.74 Å². The van der Waals surface area contributed by atoms with Crippen molar-refractivity contribution in [3.05, 3.63) is 67.8 Å². The van der Waals surface area contributed by atoms with E-state index in [1.807, 2.05) is 56.3 Å². The lowest BCUT2D eigenvalue weighted by atomic mass is 9.66. The Morgan fingerprint density at radius 1 is 1.02 bits per heavy atom. The van der Waals surface area contributed by atoms with Crippen LogP contribution in [0.15, 0.2) is 67.8 Å². The quantitative estimate of drug-likeness (QED) is 0.227. The smallest absolute Gasteiger partial charge is 0.253 e. The van der Waals surface area contributed by atoms with Gasteiger partial charge in [0.25, 0.3) is 5.91 Å². The van der Waals surface area contributed by atoms with Crippen molar-refractivity contribution in [2.45, 2.75) is 76.0 Å². The van der Waals surface area contributed by atoms with Crippen LogP contribution in [0.2, 0.25) is 0 Å². The van der Waals surface area contributed by atoms with Crippen LogP contribution in [0.1, 0.15) is 58.8 Å². The first-order chi connectivity index (χ1) is 21.3. The van der Waals surface area contributed by atoms with Crippen LogP contribution in [-0.2, 0) is 19.1 Å². The van der Waals surface area contributed by atoms with Crippen LogP contribution in [-0.4, -0.2) is 82.7 Å². The molecule has 3 amide bonds. The number of aliphatic hydroxyl groups excluding tert-OH is 1. The van der Waals surface area contributed by atoms with Gasteiger partial charge in [-0.25, -0.2) is 0 Å². The Bertz CT molecular complexity index is 1410. The van der Waals surface area contributed by atoms with Crippen LogP contribution in [0.5, 0.6) is 0 Å². The van der Waals surface area contributed by atoms with E-state index in [-0.39, 0.29) is 30.9 Å². The Labute approximate surface area is 261 Å². The third-order valence-corrected chi connectivity index (χ3v) is 9.86. The van der Waals surface area contributed by atoms with E-state index in [0.29, 0.717) is 45.3 Å². The van der Waals surface area contributed by atoms with Gasteiger partial charge >= 0.3 is 0 Å². The Morgan fingerprint density at radius 2 is 1.75 bits per heavy atom. The summed E-state index contributed by atoms with van der Waals surface area (Å²) in [4.78, 5) is 48.8. The summed E-state index contributed by atoms with van der Waals surface area (Å²) < 4.78 is 6.88. The number of fused-ring (bicyclic) bond motifs is 2. The summed E-state index contributed by atoms with van der Waals surface area (Å²) in [5, 5.41) is 11.3. The van der Waals surface area contributed by atoms with E-state index in [1.165, 1.54) is 0 Å². The number of nitrogens with zero attached hydrogens (tertiary/aromatic N) is 3. The molecule has 5 atom stereocenters. The molecule has 8 nitrogen and oxygen atoms in total. The molecule has 5 rings (SSSR count). The highest BCUT2D eigenvalue weighted by Crippen LogP contribution is 2.63. The van der Waals surface area contributed by atoms with Crippen molar-refractivity contribution < 1.29 is 24.2 Å². The molecule has 1 N–H and O–H groups in total. The summed E-state index contributed by atoms with van der Waals surface area (Å²) in [6.45, 7) is 13.5. The van der Waals surface area contributed by atoms with Crippen molar-refractivity contribution in [2.24, 2.45) is 11.8 Å². The van der Waals surface area contributed by atoms with Crippen molar-refractivity contribution >= 4 is 34.2 Å². The predicted molar refractivity (Wildman–Crippen MR) is 173 cm³/mol. The zero-order valence-electron chi connectivity index (χ0n) is 26.2. The van der Waals surface area contributed by atoms with Gasteiger partial charge in [0.15, 0.2) is 0 Å². The maximum absolute atomic E-state index is 14.9. The second-order valence-corrected chi connectivity index (χ2v) is 12.7. The van der Waals surface area contributed by atoms with Gasteiger partial charge in [0.2, 0.25) is 11.8 Å².